The summed E-state index contributed by atoms with van der Waals surface area (Å²) in [5.74, 6) is 1.68. The van der Waals surface area contributed by atoms with Crippen molar-refractivity contribution in [1.29, 1.82) is 0 Å². The number of rotatable bonds is 3. The molecule has 0 amide bonds. The van der Waals surface area contributed by atoms with Gasteiger partial charge in [0.15, 0.2) is 0 Å². The van der Waals surface area contributed by atoms with Crippen LogP contribution in [0.2, 0.25) is 0 Å². The lowest BCUT2D eigenvalue weighted by molar-refractivity contribution is 0.281. The lowest BCUT2D eigenvalue weighted by atomic mass is 9.86. The highest BCUT2D eigenvalue weighted by Crippen LogP contribution is 2.31. The van der Waals surface area contributed by atoms with Crippen LogP contribution in [-0.2, 0) is 12.0 Å². The highest BCUT2D eigenvalue weighted by Gasteiger charge is 2.15. The predicted molar refractivity (Wildman–Crippen MR) is 87.1 cm³/mol. The fourth-order valence-corrected chi connectivity index (χ4v) is 2.27. The average molecular weight is 284 g/mol. The highest BCUT2D eigenvalue weighted by molar-refractivity contribution is 5.43. The van der Waals surface area contributed by atoms with E-state index >= 15 is 0 Å². The van der Waals surface area contributed by atoms with Crippen LogP contribution in [-0.4, -0.2) is 5.11 Å². The third-order valence-corrected chi connectivity index (χ3v) is 3.75. The monoisotopic (exact) mass is 284 g/mol. The van der Waals surface area contributed by atoms with Gasteiger partial charge in [-0.05, 0) is 59.7 Å². The van der Waals surface area contributed by atoms with Crippen molar-refractivity contribution < 1.29 is 9.84 Å². The molecule has 0 aliphatic heterocycles. The van der Waals surface area contributed by atoms with Crippen LogP contribution >= 0.6 is 0 Å². The van der Waals surface area contributed by atoms with E-state index in [1.807, 2.05) is 31.2 Å². The molecule has 2 heteroatoms. The number of aliphatic hydroxyl groups is 1. The molecular weight excluding hydrogens is 260 g/mol. The van der Waals surface area contributed by atoms with Crippen LogP contribution in [0.15, 0.2) is 36.4 Å². The highest BCUT2D eigenvalue weighted by atomic mass is 16.5. The van der Waals surface area contributed by atoms with Crippen LogP contribution in [0.5, 0.6) is 11.5 Å². The Bertz CT molecular complexity index is 636. The predicted octanol–water partition coefficient (Wildman–Crippen LogP) is 4.89. The van der Waals surface area contributed by atoms with Gasteiger partial charge in [-0.2, -0.15) is 0 Å². The smallest absolute Gasteiger partial charge is 0.130 e. The van der Waals surface area contributed by atoms with E-state index in [2.05, 4.69) is 39.8 Å². The molecule has 0 aliphatic carbocycles. The molecule has 0 heterocycles. The van der Waals surface area contributed by atoms with Gasteiger partial charge in [-0.25, -0.2) is 0 Å². The summed E-state index contributed by atoms with van der Waals surface area (Å²) in [4.78, 5) is 0. The maximum Gasteiger partial charge on any atom is 0.130 e. The van der Waals surface area contributed by atoms with Crippen molar-refractivity contribution in [3.05, 3.63) is 58.7 Å². The van der Waals surface area contributed by atoms with E-state index < -0.39 is 0 Å². The maximum atomic E-state index is 9.21. The second-order valence-electron chi connectivity index (χ2n) is 6.58. The van der Waals surface area contributed by atoms with Gasteiger partial charge in [-0.3, -0.25) is 0 Å². The molecule has 0 atom stereocenters. The topological polar surface area (TPSA) is 29.5 Å². The lowest BCUT2D eigenvalue weighted by Crippen LogP contribution is -2.11. The Morgan fingerprint density at radius 3 is 2.19 bits per heavy atom. The quantitative estimate of drug-likeness (QED) is 0.870. The lowest BCUT2D eigenvalue weighted by Gasteiger charge is -2.20. The number of hydrogen-bond acceptors (Lipinski definition) is 2. The van der Waals surface area contributed by atoms with E-state index in [0.29, 0.717) is 0 Å². The van der Waals surface area contributed by atoms with Gasteiger partial charge in [-0.15, -0.1) is 0 Å². The minimum atomic E-state index is 0.0609. The molecule has 112 valence electrons. The molecule has 0 saturated carbocycles. The maximum absolute atomic E-state index is 9.21. The van der Waals surface area contributed by atoms with Gasteiger partial charge >= 0.3 is 0 Å². The fourth-order valence-electron chi connectivity index (χ4n) is 2.27. The molecule has 1 N–H and O–H groups in total. The second-order valence-corrected chi connectivity index (χ2v) is 6.58. The molecular formula is C19H24O2. The Labute approximate surface area is 127 Å². The minimum absolute atomic E-state index is 0.0609. The van der Waals surface area contributed by atoms with Gasteiger partial charge in [-0.1, -0.05) is 39.0 Å². The Hall–Kier alpha value is -1.80. The van der Waals surface area contributed by atoms with E-state index in [0.717, 1.165) is 28.2 Å². The van der Waals surface area contributed by atoms with E-state index in [4.69, 9.17) is 4.74 Å². The van der Waals surface area contributed by atoms with Crippen molar-refractivity contribution in [2.75, 3.05) is 0 Å². The summed E-state index contributed by atoms with van der Waals surface area (Å²) in [6.07, 6.45) is 0. The Kier molecular flexibility index (Phi) is 4.38. The molecule has 0 aliphatic rings. The van der Waals surface area contributed by atoms with Crippen LogP contribution in [0, 0.1) is 13.8 Å². The summed E-state index contributed by atoms with van der Waals surface area (Å²) in [5, 5.41) is 9.21. The van der Waals surface area contributed by atoms with Crippen LogP contribution < -0.4 is 4.74 Å². The van der Waals surface area contributed by atoms with Gasteiger partial charge in [0, 0.05) is 0 Å². The van der Waals surface area contributed by atoms with E-state index in [9.17, 15) is 5.11 Å². The Morgan fingerprint density at radius 1 is 0.952 bits per heavy atom. The molecule has 2 aromatic carbocycles. The third-order valence-electron chi connectivity index (χ3n) is 3.75. The summed E-state index contributed by atoms with van der Waals surface area (Å²) in [6, 6.07) is 12.1. The normalized spacial score (nSPS) is 11.5. The zero-order valence-corrected chi connectivity index (χ0v) is 13.5. The first-order valence-corrected chi connectivity index (χ1v) is 7.30. The molecule has 0 spiro atoms. The molecule has 2 nitrogen and oxygen atoms in total. The summed E-state index contributed by atoms with van der Waals surface area (Å²) < 4.78 is 5.98. The van der Waals surface area contributed by atoms with Crippen molar-refractivity contribution in [1.82, 2.24) is 0 Å². The molecule has 0 aromatic heterocycles. The van der Waals surface area contributed by atoms with Gasteiger partial charge in [0.1, 0.15) is 11.5 Å². The molecule has 21 heavy (non-hydrogen) atoms. The molecule has 0 fully saturated rings. The number of aliphatic hydroxyl groups excluding tert-OH is 1. The van der Waals surface area contributed by atoms with Crippen molar-refractivity contribution in [2.45, 2.75) is 46.6 Å². The largest absolute Gasteiger partial charge is 0.457 e. The molecule has 2 aromatic rings. The Morgan fingerprint density at radius 2 is 1.67 bits per heavy atom. The SMILES string of the molecule is Cc1cc(Oc2ccc(C(C)(C)C)cc2C)ccc1CO. The number of ether oxygens (including phenoxy) is 1. The van der Waals surface area contributed by atoms with Gasteiger partial charge in [0.05, 0.1) is 6.61 Å². The first-order valence-electron chi connectivity index (χ1n) is 7.30. The van der Waals surface area contributed by atoms with Crippen molar-refractivity contribution in [2.24, 2.45) is 0 Å². The fraction of sp³-hybridized carbons (Fsp3) is 0.368. The molecule has 2 rings (SSSR count). The second kappa shape index (κ2) is 5.90. The summed E-state index contributed by atoms with van der Waals surface area (Å²) >= 11 is 0. The zero-order valence-electron chi connectivity index (χ0n) is 13.5. The summed E-state index contributed by atoms with van der Waals surface area (Å²) in [6.45, 7) is 10.7. The molecule has 0 saturated heterocycles. The average Bonchev–Trinajstić information content (AvgIpc) is 2.40. The van der Waals surface area contributed by atoms with Crippen LogP contribution in [0.1, 0.15) is 43.0 Å². The standard InChI is InChI=1S/C19H24O2/c1-13-11-17(8-6-15(13)12-20)21-18-9-7-16(10-14(18)2)19(3,4)5/h6-11,20H,12H2,1-5H3. The number of hydrogen-bond donors (Lipinski definition) is 1. The Balaban J connectivity index is 2.26. The van der Waals surface area contributed by atoms with E-state index in [1.54, 1.807) is 0 Å². The van der Waals surface area contributed by atoms with Gasteiger partial charge in [0.25, 0.3) is 0 Å². The van der Waals surface area contributed by atoms with E-state index in [-0.39, 0.29) is 12.0 Å². The number of aryl methyl sites for hydroxylation is 2. The van der Waals surface area contributed by atoms with Crippen LogP contribution in [0.4, 0.5) is 0 Å². The van der Waals surface area contributed by atoms with E-state index in [1.165, 1.54) is 5.56 Å². The molecule has 0 unspecified atom stereocenters. The first-order chi connectivity index (χ1) is 9.81. The molecule has 0 bridgehead atoms. The third kappa shape index (κ3) is 3.64. The number of benzene rings is 2. The first kappa shape index (κ1) is 15.6. The summed E-state index contributed by atoms with van der Waals surface area (Å²) in [7, 11) is 0. The van der Waals surface area contributed by atoms with Gasteiger partial charge < -0.3 is 9.84 Å². The molecule has 0 radical (unpaired) electrons. The van der Waals surface area contributed by atoms with Gasteiger partial charge in [0.2, 0.25) is 0 Å². The van der Waals surface area contributed by atoms with Crippen LogP contribution in [0.3, 0.4) is 0 Å². The van der Waals surface area contributed by atoms with Crippen LogP contribution in [0.25, 0.3) is 0 Å². The minimum Gasteiger partial charge on any atom is -0.457 e. The zero-order chi connectivity index (χ0) is 15.6. The van der Waals surface area contributed by atoms with Crippen molar-refractivity contribution >= 4 is 0 Å². The van der Waals surface area contributed by atoms with Crippen molar-refractivity contribution in [3.63, 3.8) is 0 Å². The van der Waals surface area contributed by atoms with Crippen molar-refractivity contribution in [3.8, 4) is 11.5 Å². The summed E-state index contributed by atoms with van der Waals surface area (Å²) in [5.41, 5.74) is 4.55.